The highest BCUT2D eigenvalue weighted by Crippen LogP contribution is 2.27. The molecule has 184 valence electrons. The minimum atomic E-state index is -0.951. The third-order valence-electron chi connectivity index (χ3n) is 5.47. The molecule has 2 aromatic carbocycles. The van der Waals surface area contributed by atoms with E-state index in [1.165, 1.54) is 29.2 Å². The number of amides is 2. The molecule has 1 aromatic heterocycles. The van der Waals surface area contributed by atoms with E-state index in [9.17, 15) is 14.4 Å². The van der Waals surface area contributed by atoms with E-state index in [-0.39, 0.29) is 31.1 Å². The maximum Gasteiger partial charge on any atom is 0.303 e. The Bertz CT molecular complexity index is 1130. The highest BCUT2D eigenvalue weighted by molar-refractivity contribution is 6.10. The number of furan rings is 1. The second kappa shape index (κ2) is 11.7. The van der Waals surface area contributed by atoms with Crippen molar-refractivity contribution in [3.05, 3.63) is 72.7 Å². The van der Waals surface area contributed by atoms with Gasteiger partial charge in [0.05, 0.1) is 20.5 Å². The number of methoxy groups -OCH3 is 2. The van der Waals surface area contributed by atoms with E-state index in [1.807, 2.05) is 0 Å². The average molecular weight is 481 g/mol. The van der Waals surface area contributed by atoms with Gasteiger partial charge in [0.15, 0.2) is 5.76 Å². The third kappa shape index (κ3) is 6.20. The molecule has 0 fully saturated rings. The zero-order chi connectivity index (χ0) is 25.4. The van der Waals surface area contributed by atoms with Gasteiger partial charge in [-0.2, -0.15) is 0 Å². The lowest BCUT2D eigenvalue weighted by molar-refractivity contribution is -0.137. The highest BCUT2D eigenvalue weighted by atomic mass is 16.5. The van der Waals surface area contributed by atoms with E-state index >= 15 is 0 Å². The van der Waals surface area contributed by atoms with Crippen molar-refractivity contribution in [2.24, 2.45) is 0 Å². The van der Waals surface area contributed by atoms with Gasteiger partial charge in [-0.15, -0.1) is 0 Å². The molecule has 35 heavy (non-hydrogen) atoms. The summed E-state index contributed by atoms with van der Waals surface area (Å²) in [5, 5.41) is 9.08. The summed E-state index contributed by atoms with van der Waals surface area (Å²) in [6, 6.07) is 15.8. The van der Waals surface area contributed by atoms with Gasteiger partial charge in [-0.05, 0) is 74.0 Å². The van der Waals surface area contributed by atoms with Crippen molar-refractivity contribution in [3.63, 3.8) is 0 Å². The molecule has 1 unspecified atom stereocenters. The Balaban J connectivity index is 1.97. The van der Waals surface area contributed by atoms with Crippen molar-refractivity contribution in [2.75, 3.05) is 30.6 Å². The van der Waals surface area contributed by atoms with E-state index in [1.54, 1.807) is 68.6 Å². The van der Waals surface area contributed by atoms with Crippen LogP contribution in [0.4, 0.5) is 11.4 Å². The lowest BCUT2D eigenvalue weighted by atomic mass is 10.1. The van der Waals surface area contributed by atoms with Crippen LogP contribution in [0.2, 0.25) is 0 Å². The molecule has 1 atom stereocenters. The Hall–Kier alpha value is -4.27. The van der Waals surface area contributed by atoms with E-state index in [4.69, 9.17) is 19.0 Å². The van der Waals surface area contributed by atoms with Crippen LogP contribution >= 0.6 is 0 Å². The van der Waals surface area contributed by atoms with Crippen LogP contribution in [0.5, 0.6) is 11.5 Å². The first-order chi connectivity index (χ1) is 16.8. The van der Waals surface area contributed by atoms with Crippen molar-refractivity contribution in [1.82, 2.24) is 0 Å². The van der Waals surface area contributed by atoms with Gasteiger partial charge in [0.25, 0.3) is 5.91 Å². The molecule has 1 heterocycles. The lowest BCUT2D eigenvalue weighted by Gasteiger charge is -2.32. The number of carboxylic acids is 1. The standard InChI is InChI=1S/C26H28N2O7/c1-18(25(31)27(16-4-7-24(29)30)19-8-12-21(33-2)13-9-19)28(26(32)23-6-5-17-35-23)20-10-14-22(34-3)15-11-20/h5-6,8-15,17-18H,4,7,16H2,1-3H3,(H,29,30). The topological polar surface area (TPSA) is 110 Å². The number of hydrogen-bond donors (Lipinski definition) is 1. The number of carbonyl (C=O) groups is 3. The van der Waals surface area contributed by atoms with Crippen LogP contribution in [-0.4, -0.2) is 49.7 Å². The normalized spacial score (nSPS) is 11.4. The monoisotopic (exact) mass is 480 g/mol. The quantitative estimate of drug-likeness (QED) is 0.437. The minimum Gasteiger partial charge on any atom is -0.497 e. The van der Waals surface area contributed by atoms with Crippen LogP contribution in [0, 0.1) is 0 Å². The number of nitrogens with zero attached hydrogens (tertiary/aromatic N) is 2. The molecule has 2 amide bonds. The van der Waals surface area contributed by atoms with E-state index in [0.717, 1.165) is 0 Å². The fourth-order valence-electron chi connectivity index (χ4n) is 3.63. The van der Waals surface area contributed by atoms with Gasteiger partial charge in [-0.3, -0.25) is 19.3 Å². The molecular weight excluding hydrogens is 452 g/mol. The lowest BCUT2D eigenvalue weighted by Crippen LogP contribution is -2.50. The van der Waals surface area contributed by atoms with Gasteiger partial charge in [-0.25, -0.2) is 0 Å². The van der Waals surface area contributed by atoms with E-state index in [2.05, 4.69) is 0 Å². The van der Waals surface area contributed by atoms with Gasteiger partial charge in [-0.1, -0.05) is 0 Å². The molecule has 0 saturated carbocycles. The average Bonchev–Trinajstić information content (AvgIpc) is 3.42. The van der Waals surface area contributed by atoms with Crippen LogP contribution < -0.4 is 19.3 Å². The molecule has 0 saturated heterocycles. The van der Waals surface area contributed by atoms with Crippen molar-refractivity contribution in [1.29, 1.82) is 0 Å². The first kappa shape index (κ1) is 25.4. The molecule has 9 heteroatoms. The molecule has 3 rings (SSSR count). The number of rotatable bonds is 11. The van der Waals surface area contributed by atoms with Crippen LogP contribution in [0.3, 0.4) is 0 Å². The summed E-state index contributed by atoms with van der Waals surface area (Å²) in [7, 11) is 3.08. The Labute approximate surface area is 203 Å². The second-order valence-electron chi connectivity index (χ2n) is 7.71. The molecule has 0 bridgehead atoms. The Morgan fingerprint density at radius 3 is 1.97 bits per heavy atom. The summed E-state index contributed by atoms with van der Waals surface area (Å²) in [4.78, 5) is 41.1. The van der Waals surface area contributed by atoms with Crippen molar-refractivity contribution < 1.29 is 33.4 Å². The molecule has 1 N–H and O–H groups in total. The Morgan fingerprint density at radius 2 is 1.49 bits per heavy atom. The maximum absolute atomic E-state index is 13.8. The zero-order valence-corrected chi connectivity index (χ0v) is 19.8. The Kier molecular flexibility index (Phi) is 8.50. The molecule has 0 aliphatic carbocycles. The summed E-state index contributed by atoms with van der Waals surface area (Å²) in [6.07, 6.45) is 1.54. The predicted octanol–water partition coefficient (Wildman–Crippen LogP) is 4.23. The minimum absolute atomic E-state index is 0.0855. The first-order valence-electron chi connectivity index (χ1n) is 11.0. The van der Waals surface area contributed by atoms with Crippen LogP contribution in [0.25, 0.3) is 0 Å². The van der Waals surface area contributed by atoms with Gasteiger partial charge in [0.2, 0.25) is 5.91 Å². The Morgan fingerprint density at radius 1 is 0.914 bits per heavy atom. The van der Waals surface area contributed by atoms with Crippen molar-refractivity contribution in [3.8, 4) is 11.5 Å². The number of carbonyl (C=O) groups excluding carboxylic acids is 2. The summed E-state index contributed by atoms with van der Waals surface area (Å²) in [5.74, 6) is -0.507. The molecule has 3 aromatic rings. The molecule has 0 spiro atoms. The van der Waals surface area contributed by atoms with Gasteiger partial charge in [0.1, 0.15) is 17.5 Å². The first-order valence-corrected chi connectivity index (χ1v) is 11.0. The number of anilines is 2. The largest absolute Gasteiger partial charge is 0.497 e. The molecule has 0 aliphatic heterocycles. The van der Waals surface area contributed by atoms with Crippen molar-refractivity contribution >= 4 is 29.2 Å². The van der Waals surface area contributed by atoms with Crippen LogP contribution in [-0.2, 0) is 9.59 Å². The predicted molar refractivity (Wildman–Crippen MR) is 130 cm³/mol. The number of carboxylic acid groups (broad SMARTS) is 1. The summed E-state index contributed by atoms with van der Waals surface area (Å²) >= 11 is 0. The summed E-state index contributed by atoms with van der Waals surface area (Å²) < 4.78 is 15.7. The molecule has 0 aliphatic rings. The van der Waals surface area contributed by atoms with E-state index in [0.29, 0.717) is 22.9 Å². The highest BCUT2D eigenvalue weighted by Gasteiger charge is 2.33. The fraction of sp³-hybridized carbons (Fsp3) is 0.269. The van der Waals surface area contributed by atoms with E-state index < -0.39 is 17.9 Å². The number of ether oxygens (including phenoxy) is 2. The van der Waals surface area contributed by atoms with Crippen LogP contribution in [0.1, 0.15) is 30.3 Å². The second-order valence-corrected chi connectivity index (χ2v) is 7.71. The number of hydrogen-bond acceptors (Lipinski definition) is 6. The number of aliphatic carboxylic acids is 1. The van der Waals surface area contributed by atoms with Gasteiger partial charge < -0.3 is 23.9 Å². The SMILES string of the molecule is COc1ccc(N(CCCC(=O)O)C(=O)C(C)N(C(=O)c2ccco2)c2ccc(OC)cc2)cc1. The number of benzene rings is 2. The van der Waals surface area contributed by atoms with Crippen molar-refractivity contribution in [2.45, 2.75) is 25.8 Å². The van der Waals surface area contributed by atoms with Gasteiger partial charge >= 0.3 is 5.97 Å². The summed E-state index contributed by atoms with van der Waals surface area (Å²) in [5.41, 5.74) is 1.04. The fourth-order valence-corrected chi connectivity index (χ4v) is 3.63. The summed E-state index contributed by atoms with van der Waals surface area (Å²) in [6.45, 7) is 1.79. The zero-order valence-electron chi connectivity index (χ0n) is 19.8. The molecule has 0 radical (unpaired) electrons. The van der Waals surface area contributed by atoms with Crippen LogP contribution in [0.15, 0.2) is 71.3 Å². The van der Waals surface area contributed by atoms with Gasteiger partial charge in [0, 0.05) is 24.3 Å². The smallest absolute Gasteiger partial charge is 0.303 e. The third-order valence-corrected chi connectivity index (χ3v) is 5.47. The maximum atomic E-state index is 13.8. The molecule has 9 nitrogen and oxygen atoms in total. The molecular formula is C26H28N2O7.